The average molecular weight is 491 g/mol. The van der Waals surface area contributed by atoms with Gasteiger partial charge in [-0.25, -0.2) is 0 Å². The number of amides is 1. The van der Waals surface area contributed by atoms with E-state index in [-0.39, 0.29) is 24.2 Å². The van der Waals surface area contributed by atoms with Crippen LogP contribution < -0.4 is 5.32 Å². The Balaban J connectivity index is 1.43. The number of nitrogens with one attached hydrogen (secondary N) is 1. The van der Waals surface area contributed by atoms with Crippen LogP contribution in [-0.2, 0) is 25.5 Å². The van der Waals surface area contributed by atoms with Gasteiger partial charge in [-0.1, -0.05) is 30.4 Å². The van der Waals surface area contributed by atoms with Crippen LogP contribution in [0.5, 0.6) is 0 Å². The van der Waals surface area contributed by atoms with Crippen molar-refractivity contribution in [1.29, 1.82) is 0 Å². The van der Waals surface area contributed by atoms with Crippen molar-refractivity contribution in [3.63, 3.8) is 0 Å². The molecule has 0 radical (unpaired) electrons. The number of rotatable bonds is 10. The first kappa shape index (κ1) is 24.3. The van der Waals surface area contributed by atoms with E-state index in [9.17, 15) is 9.59 Å². The van der Waals surface area contributed by atoms with Gasteiger partial charge < -0.3 is 24.1 Å². The Hall–Kier alpha value is -1.78. The number of carbonyl (C=O) groups excluding carboxylic acids is 2. The largest absolute Gasteiger partial charge is 0.461 e. The SMILES string of the molecule is CCOC(OCC)[C@@H]1CSCN1C(=O)[C@H]1NCC(=S)C1C(=O)CCc1cc2ccccc2o1. The molecular weight excluding hydrogens is 460 g/mol. The minimum Gasteiger partial charge on any atom is -0.461 e. The summed E-state index contributed by atoms with van der Waals surface area (Å²) in [6.45, 7) is 5.21. The zero-order valence-electron chi connectivity index (χ0n) is 19.0. The Labute approximate surface area is 203 Å². The van der Waals surface area contributed by atoms with Gasteiger partial charge in [-0.15, -0.1) is 11.8 Å². The molecule has 1 amide bonds. The van der Waals surface area contributed by atoms with Crippen molar-refractivity contribution in [2.24, 2.45) is 5.92 Å². The molecule has 1 N–H and O–H groups in total. The van der Waals surface area contributed by atoms with Gasteiger partial charge in [0.2, 0.25) is 5.91 Å². The lowest BCUT2D eigenvalue weighted by molar-refractivity contribution is -0.174. The van der Waals surface area contributed by atoms with Gasteiger partial charge in [0.05, 0.1) is 17.8 Å². The summed E-state index contributed by atoms with van der Waals surface area (Å²) in [6.07, 6.45) is 0.274. The molecule has 33 heavy (non-hydrogen) atoms. The number of hydrogen-bond acceptors (Lipinski definition) is 8. The second-order valence-corrected chi connectivity index (χ2v) is 9.70. The smallest absolute Gasteiger partial charge is 0.241 e. The van der Waals surface area contributed by atoms with E-state index < -0.39 is 18.2 Å². The van der Waals surface area contributed by atoms with E-state index in [4.69, 9.17) is 26.1 Å². The molecule has 2 aliphatic rings. The minimum atomic E-state index is -0.647. The molecule has 0 saturated carbocycles. The van der Waals surface area contributed by atoms with Gasteiger partial charge in [0.25, 0.3) is 0 Å². The number of furan rings is 1. The van der Waals surface area contributed by atoms with Gasteiger partial charge in [-0.3, -0.25) is 9.59 Å². The van der Waals surface area contributed by atoms with Gasteiger partial charge >= 0.3 is 0 Å². The minimum absolute atomic E-state index is 0.0293. The van der Waals surface area contributed by atoms with Gasteiger partial charge in [0.1, 0.15) is 23.2 Å². The summed E-state index contributed by atoms with van der Waals surface area (Å²) >= 11 is 7.17. The van der Waals surface area contributed by atoms with Crippen LogP contribution in [0.2, 0.25) is 0 Å². The molecule has 3 heterocycles. The third-order valence-corrected chi connectivity index (χ3v) is 7.50. The summed E-state index contributed by atoms with van der Waals surface area (Å²) in [5.74, 6) is 1.29. The normalized spacial score (nSPS) is 23.2. The zero-order valence-corrected chi connectivity index (χ0v) is 20.6. The fourth-order valence-electron chi connectivity index (χ4n) is 4.47. The second-order valence-electron chi connectivity index (χ2n) is 8.17. The summed E-state index contributed by atoms with van der Waals surface area (Å²) in [7, 11) is 0. The molecule has 2 aliphatic heterocycles. The zero-order chi connectivity index (χ0) is 23.4. The molecule has 9 heteroatoms. The first-order chi connectivity index (χ1) is 16.0. The topological polar surface area (TPSA) is 81.0 Å². The van der Waals surface area contributed by atoms with Gasteiger partial charge in [-0.2, -0.15) is 0 Å². The molecule has 1 aromatic carbocycles. The lowest BCUT2D eigenvalue weighted by atomic mass is 9.91. The van der Waals surface area contributed by atoms with E-state index in [1.54, 1.807) is 16.7 Å². The van der Waals surface area contributed by atoms with Gasteiger partial charge in [0.15, 0.2) is 6.29 Å². The fourth-order valence-corrected chi connectivity index (χ4v) is 6.02. The molecule has 3 atom stereocenters. The van der Waals surface area contributed by atoms with Crippen molar-refractivity contribution in [2.75, 3.05) is 31.4 Å². The van der Waals surface area contributed by atoms with Crippen molar-refractivity contribution in [3.05, 3.63) is 36.1 Å². The highest BCUT2D eigenvalue weighted by Gasteiger charge is 2.46. The highest BCUT2D eigenvalue weighted by Crippen LogP contribution is 2.29. The molecule has 2 fully saturated rings. The van der Waals surface area contributed by atoms with E-state index in [2.05, 4.69) is 5.32 Å². The van der Waals surface area contributed by atoms with Gasteiger partial charge in [0, 0.05) is 48.6 Å². The van der Waals surface area contributed by atoms with E-state index in [0.29, 0.717) is 36.9 Å². The molecule has 2 saturated heterocycles. The molecule has 0 spiro atoms. The predicted octanol–water partition coefficient (Wildman–Crippen LogP) is 3.19. The highest BCUT2D eigenvalue weighted by molar-refractivity contribution is 7.99. The summed E-state index contributed by atoms with van der Waals surface area (Å²) in [5, 5.41) is 4.21. The quantitative estimate of drug-likeness (QED) is 0.402. The van der Waals surface area contributed by atoms with E-state index in [1.807, 2.05) is 44.2 Å². The number of carbonyl (C=O) groups is 2. The van der Waals surface area contributed by atoms with E-state index in [0.717, 1.165) is 22.5 Å². The Kier molecular flexibility index (Phi) is 8.19. The maximum Gasteiger partial charge on any atom is 0.241 e. The molecule has 2 aromatic rings. The predicted molar refractivity (Wildman–Crippen MR) is 132 cm³/mol. The van der Waals surface area contributed by atoms with Crippen molar-refractivity contribution in [1.82, 2.24) is 10.2 Å². The molecule has 7 nitrogen and oxygen atoms in total. The van der Waals surface area contributed by atoms with Gasteiger partial charge in [-0.05, 0) is 26.0 Å². The van der Waals surface area contributed by atoms with E-state index in [1.165, 1.54) is 0 Å². The second kappa shape index (κ2) is 11.1. The summed E-state index contributed by atoms with van der Waals surface area (Å²) < 4.78 is 17.4. The third-order valence-electron chi connectivity index (χ3n) is 6.06. The number of fused-ring (bicyclic) bond motifs is 1. The fraction of sp³-hybridized carbons (Fsp3) is 0.542. The maximum atomic E-state index is 13.5. The monoisotopic (exact) mass is 490 g/mol. The third kappa shape index (κ3) is 5.33. The lowest BCUT2D eigenvalue weighted by Gasteiger charge is -2.32. The molecular formula is C24H30N2O5S2. The molecule has 1 unspecified atom stereocenters. The number of thiocarbonyl (C=S) groups is 1. The number of thioether (sulfide) groups is 1. The van der Waals surface area contributed by atoms with E-state index >= 15 is 0 Å². The molecule has 178 valence electrons. The van der Waals surface area contributed by atoms with Crippen LogP contribution in [0.4, 0.5) is 0 Å². The number of para-hydroxylation sites is 1. The number of nitrogens with zero attached hydrogens (tertiary/aromatic N) is 1. The number of aryl methyl sites for hydroxylation is 1. The average Bonchev–Trinajstić information content (AvgIpc) is 3.54. The van der Waals surface area contributed by atoms with Crippen molar-refractivity contribution in [3.8, 4) is 0 Å². The molecule has 4 rings (SSSR count). The standard InChI is InChI=1S/C24H30N2O5S2/c1-3-29-24(30-4-2)17-13-33-14-26(17)23(28)22-21(20(32)12-25-22)18(27)10-9-16-11-15-7-5-6-8-19(15)31-16/h5-8,11,17,21-22,24-25H,3-4,9-10,12-14H2,1-2H3/t17-,21?,22-/m0/s1. The number of ketones is 1. The highest BCUT2D eigenvalue weighted by atomic mass is 32.2. The maximum absolute atomic E-state index is 13.5. The Morgan fingerprint density at radius 3 is 2.76 bits per heavy atom. The molecule has 1 aromatic heterocycles. The summed E-state index contributed by atoms with van der Waals surface area (Å²) in [5.41, 5.74) is 0.807. The van der Waals surface area contributed by atoms with Crippen LogP contribution >= 0.6 is 24.0 Å². The van der Waals surface area contributed by atoms with Crippen LogP contribution in [0.25, 0.3) is 11.0 Å². The number of ether oxygens (including phenoxy) is 2. The summed E-state index contributed by atoms with van der Waals surface area (Å²) in [6, 6.07) is 8.90. The number of hydrogen-bond donors (Lipinski definition) is 1. The lowest BCUT2D eigenvalue weighted by Crippen LogP contribution is -2.54. The van der Waals surface area contributed by atoms with Crippen molar-refractivity contribution in [2.45, 2.75) is 45.1 Å². The Morgan fingerprint density at radius 2 is 2.03 bits per heavy atom. The number of Topliss-reactive ketones (excluding diaryl/α,β-unsaturated/α-hetero) is 1. The van der Waals surface area contributed by atoms with Crippen LogP contribution in [0.15, 0.2) is 34.7 Å². The van der Waals surface area contributed by atoms with Crippen molar-refractivity contribution < 1.29 is 23.5 Å². The van der Waals surface area contributed by atoms with Crippen LogP contribution in [0, 0.1) is 5.92 Å². The number of benzene rings is 1. The van der Waals surface area contributed by atoms with Crippen LogP contribution in [0.1, 0.15) is 26.0 Å². The van der Waals surface area contributed by atoms with Crippen molar-refractivity contribution >= 4 is 51.5 Å². The Bertz CT molecular complexity index is 971. The summed E-state index contributed by atoms with van der Waals surface area (Å²) in [4.78, 5) is 29.1. The Morgan fingerprint density at radius 1 is 1.27 bits per heavy atom. The molecule has 0 aliphatic carbocycles. The first-order valence-electron chi connectivity index (χ1n) is 11.4. The van der Waals surface area contributed by atoms with Crippen LogP contribution in [-0.4, -0.2) is 71.2 Å². The molecule has 0 bridgehead atoms. The van der Waals surface area contributed by atoms with Crippen LogP contribution in [0.3, 0.4) is 0 Å². The first-order valence-corrected chi connectivity index (χ1v) is 13.0.